The minimum Gasteiger partial charge on any atom is -0.492 e. The second-order valence-electron chi connectivity index (χ2n) is 7.24. The molecule has 0 saturated carbocycles. The number of benzene rings is 1. The Balaban J connectivity index is 1.14. The maximum Gasteiger partial charge on any atom is 0.119 e. The van der Waals surface area contributed by atoms with E-state index in [0.717, 1.165) is 74.4 Å². The van der Waals surface area contributed by atoms with Crippen molar-refractivity contribution in [3.63, 3.8) is 0 Å². The van der Waals surface area contributed by atoms with E-state index in [-0.39, 0.29) is 0 Å². The minimum atomic E-state index is 0.715. The number of hydrogen-bond acceptors (Lipinski definition) is 7. The molecule has 4 rings (SSSR count). The van der Waals surface area contributed by atoms with Gasteiger partial charge in [-0.2, -0.15) is 0 Å². The van der Waals surface area contributed by atoms with Crippen molar-refractivity contribution in [2.45, 2.75) is 13.0 Å². The van der Waals surface area contributed by atoms with Gasteiger partial charge >= 0.3 is 0 Å². The third-order valence-corrected chi connectivity index (χ3v) is 5.98. The molecule has 1 saturated heterocycles. The largest absolute Gasteiger partial charge is 0.492 e. The van der Waals surface area contributed by atoms with Crippen LogP contribution >= 0.6 is 11.3 Å². The average molecular weight is 425 g/mol. The predicted octanol–water partition coefficient (Wildman–Crippen LogP) is 3.25. The highest BCUT2D eigenvalue weighted by Crippen LogP contribution is 2.21. The molecular formula is C23H28N4O2S. The molecule has 30 heavy (non-hydrogen) atoms. The van der Waals surface area contributed by atoms with Crippen LogP contribution in [0.15, 0.2) is 54.2 Å². The first-order valence-corrected chi connectivity index (χ1v) is 11.3. The molecule has 0 radical (unpaired) electrons. The summed E-state index contributed by atoms with van der Waals surface area (Å²) in [7, 11) is 0. The van der Waals surface area contributed by atoms with Crippen molar-refractivity contribution in [1.82, 2.24) is 20.2 Å². The lowest BCUT2D eigenvalue weighted by Gasteiger charge is -2.26. The van der Waals surface area contributed by atoms with Crippen molar-refractivity contribution < 1.29 is 9.47 Å². The molecule has 3 heterocycles. The van der Waals surface area contributed by atoms with Crippen LogP contribution in [0.5, 0.6) is 5.75 Å². The number of aromatic nitrogens is 2. The molecule has 6 nitrogen and oxygen atoms in total. The minimum absolute atomic E-state index is 0.715. The van der Waals surface area contributed by atoms with Crippen molar-refractivity contribution in [3.8, 4) is 17.0 Å². The first-order chi connectivity index (χ1) is 14.9. The van der Waals surface area contributed by atoms with Gasteiger partial charge in [0, 0.05) is 62.5 Å². The monoisotopic (exact) mass is 424 g/mol. The van der Waals surface area contributed by atoms with Gasteiger partial charge in [0.05, 0.1) is 23.9 Å². The lowest BCUT2D eigenvalue weighted by atomic mass is 10.2. The first-order valence-electron chi connectivity index (χ1n) is 10.4. The van der Waals surface area contributed by atoms with Crippen LogP contribution in [0.1, 0.15) is 10.6 Å². The van der Waals surface area contributed by atoms with E-state index in [0.29, 0.717) is 6.61 Å². The maximum absolute atomic E-state index is 5.87. The number of nitrogens with one attached hydrogen (secondary N) is 1. The zero-order chi connectivity index (χ0) is 20.4. The van der Waals surface area contributed by atoms with E-state index < -0.39 is 0 Å². The van der Waals surface area contributed by atoms with E-state index in [1.807, 2.05) is 12.1 Å². The van der Waals surface area contributed by atoms with Gasteiger partial charge in [0.2, 0.25) is 0 Å². The lowest BCUT2D eigenvalue weighted by Crippen LogP contribution is -2.38. The summed E-state index contributed by atoms with van der Waals surface area (Å²) >= 11 is 1.71. The number of morpholine rings is 1. The summed E-state index contributed by atoms with van der Waals surface area (Å²) in [6.07, 6.45) is 4.53. The van der Waals surface area contributed by atoms with Crippen LogP contribution in [-0.4, -0.2) is 60.9 Å². The molecule has 0 unspecified atom stereocenters. The Hall–Kier alpha value is -2.32. The summed E-state index contributed by atoms with van der Waals surface area (Å²) in [5.41, 5.74) is 3.40. The summed E-state index contributed by atoms with van der Waals surface area (Å²) in [6, 6.07) is 12.3. The summed E-state index contributed by atoms with van der Waals surface area (Å²) in [5, 5.41) is 6.77. The van der Waals surface area contributed by atoms with Gasteiger partial charge < -0.3 is 14.8 Å². The standard InChI is InChI=1S/C23H28N4O2S/c1-3-21(29-16-13-27-11-14-28-15-12-27)4-2-19(1)17-25-10-7-23-26-22(18-30-23)20-5-8-24-9-6-20/h1-6,8-9,18,25H,7,10-17H2. The third kappa shape index (κ3) is 6.34. The van der Waals surface area contributed by atoms with Crippen molar-refractivity contribution in [2.24, 2.45) is 0 Å². The van der Waals surface area contributed by atoms with Gasteiger partial charge in [0.1, 0.15) is 12.4 Å². The molecule has 0 bridgehead atoms. The Morgan fingerprint density at radius 2 is 1.87 bits per heavy atom. The van der Waals surface area contributed by atoms with Crippen LogP contribution in [0.25, 0.3) is 11.3 Å². The molecule has 1 fully saturated rings. The molecule has 0 spiro atoms. The molecule has 0 aliphatic carbocycles. The zero-order valence-corrected chi connectivity index (χ0v) is 17.9. The highest BCUT2D eigenvalue weighted by molar-refractivity contribution is 7.09. The van der Waals surface area contributed by atoms with Gasteiger partial charge in [0.25, 0.3) is 0 Å². The van der Waals surface area contributed by atoms with Crippen LogP contribution in [0, 0.1) is 0 Å². The molecule has 1 N–H and O–H groups in total. The number of ether oxygens (including phenoxy) is 2. The SMILES string of the molecule is c1cc(-c2csc(CCNCc3ccc(OCCN4CCOCC4)cc3)n2)ccn1. The van der Waals surface area contributed by atoms with Crippen LogP contribution < -0.4 is 10.1 Å². The van der Waals surface area contributed by atoms with E-state index in [2.05, 4.69) is 44.8 Å². The van der Waals surface area contributed by atoms with Gasteiger partial charge in [-0.05, 0) is 29.8 Å². The average Bonchev–Trinajstić information content (AvgIpc) is 3.28. The summed E-state index contributed by atoms with van der Waals surface area (Å²) < 4.78 is 11.2. The van der Waals surface area contributed by atoms with Gasteiger partial charge in [0.15, 0.2) is 0 Å². The van der Waals surface area contributed by atoms with Crippen LogP contribution in [-0.2, 0) is 17.7 Å². The van der Waals surface area contributed by atoms with Gasteiger partial charge in [-0.25, -0.2) is 4.98 Å². The van der Waals surface area contributed by atoms with Gasteiger partial charge in [-0.1, -0.05) is 12.1 Å². The van der Waals surface area contributed by atoms with Crippen LogP contribution in [0.3, 0.4) is 0 Å². The van der Waals surface area contributed by atoms with Crippen LogP contribution in [0.4, 0.5) is 0 Å². The smallest absolute Gasteiger partial charge is 0.119 e. The number of hydrogen-bond donors (Lipinski definition) is 1. The van der Waals surface area contributed by atoms with E-state index in [4.69, 9.17) is 14.5 Å². The van der Waals surface area contributed by atoms with Gasteiger partial charge in [-0.3, -0.25) is 9.88 Å². The molecule has 3 aromatic rings. The van der Waals surface area contributed by atoms with Crippen molar-refractivity contribution >= 4 is 11.3 Å². The normalized spacial score (nSPS) is 14.7. The molecule has 1 aliphatic heterocycles. The summed E-state index contributed by atoms with van der Waals surface area (Å²) in [4.78, 5) is 11.2. The zero-order valence-electron chi connectivity index (χ0n) is 17.1. The summed E-state index contributed by atoms with van der Waals surface area (Å²) in [6.45, 7) is 7.07. The summed E-state index contributed by atoms with van der Waals surface area (Å²) in [5.74, 6) is 0.929. The third-order valence-electron chi connectivity index (χ3n) is 5.08. The number of pyridine rings is 1. The highest BCUT2D eigenvalue weighted by Gasteiger charge is 2.09. The van der Waals surface area contributed by atoms with Gasteiger partial charge in [-0.15, -0.1) is 11.3 Å². The molecule has 7 heteroatoms. The highest BCUT2D eigenvalue weighted by atomic mass is 32.1. The van der Waals surface area contributed by atoms with Crippen LogP contribution in [0.2, 0.25) is 0 Å². The molecule has 1 aliphatic rings. The van der Waals surface area contributed by atoms with E-state index in [9.17, 15) is 0 Å². The molecule has 0 amide bonds. The Morgan fingerprint density at radius 1 is 1.07 bits per heavy atom. The molecule has 1 aromatic carbocycles. The van der Waals surface area contributed by atoms with E-state index in [1.165, 1.54) is 5.56 Å². The van der Waals surface area contributed by atoms with E-state index in [1.54, 1.807) is 23.7 Å². The fraction of sp³-hybridized carbons (Fsp3) is 0.391. The fourth-order valence-corrected chi connectivity index (χ4v) is 4.14. The first kappa shape index (κ1) is 20.9. The van der Waals surface area contributed by atoms with Crippen molar-refractivity contribution in [3.05, 3.63) is 64.7 Å². The predicted molar refractivity (Wildman–Crippen MR) is 120 cm³/mol. The second-order valence-corrected chi connectivity index (χ2v) is 8.18. The number of thiazole rings is 1. The number of rotatable bonds is 10. The Bertz CT molecular complexity index is 880. The topological polar surface area (TPSA) is 59.5 Å². The fourth-order valence-electron chi connectivity index (χ4n) is 3.33. The molecular weight excluding hydrogens is 396 g/mol. The maximum atomic E-state index is 5.87. The Morgan fingerprint density at radius 3 is 2.67 bits per heavy atom. The Labute approximate surface area is 181 Å². The molecule has 2 aromatic heterocycles. The number of nitrogens with zero attached hydrogens (tertiary/aromatic N) is 3. The van der Waals surface area contributed by atoms with Crippen molar-refractivity contribution in [2.75, 3.05) is 46.0 Å². The Kier molecular flexibility index (Phi) is 7.80. The molecule has 0 atom stereocenters. The molecule has 158 valence electrons. The van der Waals surface area contributed by atoms with E-state index >= 15 is 0 Å². The van der Waals surface area contributed by atoms with Crippen molar-refractivity contribution in [1.29, 1.82) is 0 Å². The lowest BCUT2D eigenvalue weighted by molar-refractivity contribution is 0.0322. The quantitative estimate of drug-likeness (QED) is 0.504. The second kappa shape index (κ2) is 11.2.